The lowest BCUT2D eigenvalue weighted by Gasteiger charge is -2.14. The van der Waals surface area contributed by atoms with Crippen LogP contribution >= 0.6 is 23.2 Å². The number of aromatic nitrogens is 3. The molecule has 0 aliphatic carbocycles. The lowest BCUT2D eigenvalue weighted by molar-refractivity contribution is 0.0713. The van der Waals surface area contributed by atoms with E-state index in [2.05, 4.69) is 20.7 Å². The van der Waals surface area contributed by atoms with Gasteiger partial charge in [-0.1, -0.05) is 65.7 Å². The van der Waals surface area contributed by atoms with Gasteiger partial charge in [-0.05, 0) is 54.4 Å². The third kappa shape index (κ3) is 6.27. The number of anilines is 2. The SMILES string of the molecule is C[C@H](Oc1ccccc1)C(=O)n1nc(NCc2ccc(Cl)cc2)nc1NCc1ccc(Cl)cc1. The van der Waals surface area contributed by atoms with Crippen molar-refractivity contribution in [3.63, 3.8) is 0 Å². The summed E-state index contributed by atoms with van der Waals surface area (Å²) in [6, 6.07) is 24.0. The van der Waals surface area contributed by atoms with Gasteiger partial charge in [-0.3, -0.25) is 4.79 Å². The van der Waals surface area contributed by atoms with Gasteiger partial charge in [0, 0.05) is 23.1 Å². The first-order valence-corrected chi connectivity index (χ1v) is 11.4. The summed E-state index contributed by atoms with van der Waals surface area (Å²) in [6.07, 6.45) is -0.774. The molecule has 0 saturated carbocycles. The Hall–Kier alpha value is -3.55. The molecule has 1 atom stereocenters. The van der Waals surface area contributed by atoms with Crippen LogP contribution in [0.25, 0.3) is 0 Å². The van der Waals surface area contributed by atoms with E-state index in [1.807, 2.05) is 66.7 Å². The van der Waals surface area contributed by atoms with E-state index in [0.717, 1.165) is 11.1 Å². The molecule has 174 valence electrons. The van der Waals surface area contributed by atoms with Crippen LogP contribution in [0.3, 0.4) is 0 Å². The third-order valence-corrected chi connectivity index (χ3v) is 5.45. The lowest BCUT2D eigenvalue weighted by atomic mass is 10.2. The van der Waals surface area contributed by atoms with E-state index >= 15 is 0 Å². The molecule has 0 fully saturated rings. The number of carbonyl (C=O) groups is 1. The van der Waals surface area contributed by atoms with Crippen LogP contribution in [0.2, 0.25) is 10.0 Å². The van der Waals surface area contributed by atoms with Gasteiger partial charge in [-0.2, -0.15) is 9.67 Å². The molecule has 0 unspecified atom stereocenters. The van der Waals surface area contributed by atoms with Gasteiger partial charge in [0.25, 0.3) is 5.91 Å². The molecule has 4 rings (SSSR count). The van der Waals surface area contributed by atoms with Gasteiger partial charge >= 0.3 is 0 Å². The van der Waals surface area contributed by atoms with Crippen molar-refractivity contribution in [2.24, 2.45) is 0 Å². The van der Waals surface area contributed by atoms with E-state index < -0.39 is 6.10 Å². The van der Waals surface area contributed by atoms with Crippen molar-refractivity contribution in [1.82, 2.24) is 14.8 Å². The molecule has 0 aliphatic heterocycles. The Kier molecular flexibility index (Phi) is 7.67. The maximum atomic E-state index is 13.2. The van der Waals surface area contributed by atoms with Crippen LogP contribution in [0, 0.1) is 0 Å². The smallest absolute Gasteiger partial charge is 0.290 e. The van der Waals surface area contributed by atoms with Crippen molar-refractivity contribution >= 4 is 41.0 Å². The predicted molar refractivity (Wildman–Crippen MR) is 135 cm³/mol. The van der Waals surface area contributed by atoms with Crippen LogP contribution in [-0.2, 0) is 13.1 Å². The fourth-order valence-corrected chi connectivity index (χ4v) is 3.40. The molecule has 34 heavy (non-hydrogen) atoms. The highest BCUT2D eigenvalue weighted by Gasteiger charge is 2.23. The molecule has 7 nitrogen and oxygen atoms in total. The van der Waals surface area contributed by atoms with Gasteiger partial charge in [-0.25, -0.2) is 0 Å². The highest BCUT2D eigenvalue weighted by Crippen LogP contribution is 2.17. The fraction of sp³-hybridized carbons (Fsp3) is 0.160. The van der Waals surface area contributed by atoms with Crippen molar-refractivity contribution < 1.29 is 9.53 Å². The van der Waals surface area contributed by atoms with Gasteiger partial charge in [0.2, 0.25) is 11.9 Å². The van der Waals surface area contributed by atoms with Gasteiger partial charge < -0.3 is 15.4 Å². The van der Waals surface area contributed by atoms with Crippen molar-refractivity contribution in [3.8, 4) is 5.75 Å². The Morgan fingerprint density at radius 2 is 1.44 bits per heavy atom. The number of hydrogen-bond acceptors (Lipinski definition) is 6. The number of para-hydroxylation sites is 1. The number of benzene rings is 3. The Morgan fingerprint density at radius 3 is 2.03 bits per heavy atom. The largest absolute Gasteiger partial charge is 0.481 e. The monoisotopic (exact) mass is 495 g/mol. The Labute approximate surface area is 207 Å². The first kappa shape index (κ1) is 23.6. The van der Waals surface area contributed by atoms with Gasteiger partial charge in [0.1, 0.15) is 5.75 Å². The summed E-state index contributed by atoms with van der Waals surface area (Å²) in [4.78, 5) is 17.7. The van der Waals surface area contributed by atoms with Crippen molar-refractivity contribution in [2.45, 2.75) is 26.1 Å². The van der Waals surface area contributed by atoms with E-state index in [4.69, 9.17) is 27.9 Å². The van der Waals surface area contributed by atoms with Crippen LogP contribution in [-0.4, -0.2) is 26.8 Å². The Morgan fingerprint density at radius 1 is 0.882 bits per heavy atom. The molecule has 0 radical (unpaired) electrons. The van der Waals surface area contributed by atoms with Gasteiger partial charge in [0.05, 0.1) is 0 Å². The average Bonchev–Trinajstić information content (AvgIpc) is 3.26. The van der Waals surface area contributed by atoms with Crippen LogP contribution in [0.1, 0.15) is 22.8 Å². The zero-order valence-corrected chi connectivity index (χ0v) is 19.9. The maximum absolute atomic E-state index is 13.2. The Balaban J connectivity index is 1.51. The molecule has 0 spiro atoms. The molecule has 0 saturated heterocycles. The average molecular weight is 496 g/mol. The third-order valence-electron chi connectivity index (χ3n) is 4.95. The Bertz CT molecular complexity index is 1230. The second kappa shape index (κ2) is 11.0. The summed E-state index contributed by atoms with van der Waals surface area (Å²) in [6.45, 7) is 2.59. The highest BCUT2D eigenvalue weighted by molar-refractivity contribution is 6.30. The van der Waals surface area contributed by atoms with Crippen LogP contribution in [0.4, 0.5) is 11.9 Å². The molecule has 1 heterocycles. The first-order valence-electron chi connectivity index (χ1n) is 10.7. The minimum absolute atomic E-state index is 0.307. The summed E-state index contributed by atoms with van der Waals surface area (Å²) in [5, 5.41) is 12.0. The normalized spacial score (nSPS) is 11.6. The van der Waals surface area contributed by atoms with Crippen molar-refractivity contribution in [2.75, 3.05) is 10.6 Å². The quantitative estimate of drug-likeness (QED) is 0.300. The van der Waals surface area contributed by atoms with E-state index in [1.165, 1.54) is 4.68 Å². The maximum Gasteiger partial charge on any atom is 0.290 e. The van der Waals surface area contributed by atoms with E-state index in [-0.39, 0.29) is 5.91 Å². The van der Waals surface area contributed by atoms with Crippen LogP contribution in [0.15, 0.2) is 78.9 Å². The molecule has 3 aromatic carbocycles. The molecule has 0 aliphatic rings. The highest BCUT2D eigenvalue weighted by atomic mass is 35.5. The zero-order chi connectivity index (χ0) is 23.9. The molecular formula is C25H23Cl2N5O2. The molecule has 0 amide bonds. The summed E-state index contributed by atoms with van der Waals surface area (Å²) in [5.74, 6) is 0.866. The number of carbonyl (C=O) groups excluding carboxylic acids is 1. The predicted octanol–water partition coefficient (Wildman–Crippen LogP) is 5.92. The van der Waals surface area contributed by atoms with Crippen molar-refractivity contribution in [3.05, 3.63) is 100 Å². The number of ether oxygens (including phenoxy) is 1. The van der Waals surface area contributed by atoms with Crippen molar-refractivity contribution in [1.29, 1.82) is 0 Å². The number of rotatable bonds is 9. The summed E-state index contributed by atoms with van der Waals surface area (Å²) < 4.78 is 7.03. The van der Waals surface area contributed by atoms with Crippen LogP contribution < -0.4 is 15.4 Å². The minimum Gasteiger partial charge on any atom is -0.481 e. The van der Waals surface area contributed by atoms with E-state index in [9.17, 15) is 4.79 Å². The van der Waals surface area contributed by atoms with Gasteiger partial charge in [0.15, 0.2) is 6.10 Å². The standard InChI is InChI=1S/C25H23Cl2N5O2/c1-17(34-22-5-3-2-4-6-22)23(33)32-25(29-16-19-9-13-21(27)14-10-19)30-24(31-32)28-15-18-7-11-20(26)12-8-18/h2-14,17H,15-16H2,1H3,(H2,28,29,30,31)/t17-/m0/s1. The van der Waals surface area contributed by atoms with Crippen LogP contribution in [0.5, 0.6) is 5.75 Å². The second-order valence-electron chi connectivity index (χ2n) is 7.54. The molecule has 9 heteroatoms. The molecule has 1 aromatic heterocycles. The number of halogens is 2. The first-order chi connectivity index (χ1) is 16.5. The summed E-state index contributed by atoms with van der Waals surface area (Å²) >= 11 is 11.9. The fourth-order valence-electron chi connectivity index (χ4n) is 3.15. The lowest BCUT2D eigenvalue weighted by Crippen LogP contribution is -2.31. The molecule has 0 bridgehead atoms. The molecule has 4 aromatic rings. The van der Waals surface area contributed by atoms with E-state index in [1.54, 1.807) is 19.1 Å². The molecular weight excluding hydrogens is 473 g/mol. The molecule has 2 N–H and O–H groups in total. The number of nitrogens with one attached hydrogen (secondary N) is 2. The zero-order valence-electron chi connectivity index (χ0n) is 18.4. The number of hydrogen-bond donors (Lipinski definition) is 2. The topological polar surface area (TPSA) is 81.1 Å². The summed E-state index contributed by atoms with van der Waals surface area (Å²) in [5.41, 5.74) is 1.99. The summed E-state index contributed by atoms with van der Waals surface area (Å²) in [7, 11) is 0. The van der Waals surface area contributed by atoms with Gasteiger partial charge in [-0.15, -0.1) is 5.10 Å². The minimum atomic E-state index is -0.774. The second-order valence-corrected chi connectivity index (χ2v) is 8.42. The van der Waals surface area contributed by atoms with E-state index in [0.29, 0.717) is 40.8 Å². The number of nitrogens with zero attached hydrogens (tertiary/aromatic N) is 3.